The van der Waals surface area contributed by atoms with Crippen LogP contribution in [0.1, 0.15) is 97.5 Å². The second kappa shape index (κ2) is 17.6. The predicted octanol–water partition coefficient (Wildman–Crippen LogP) is 3.39. The molecule has 14 heteroatoms. The summed E-state index contributed by atoms with van der Waals surface area (Å²) in [6, 6.07) is 2.92. The highest BCUT2D eigenvalue weighted by Gasteiger charge is 2.43. The van der Waals surface area contributed by atoms with E-state index in [1.54, 1.807) is 24.3 Å². The molecule has 2 aliphatic heterocycles. The van der Waals surface area contributed by atoms with Gasteiger partial charge in [-0.15, -0.1) is 6.58 Å². The molecule has 4 atom stereocenters. The summed E-state index contributed by atoms with van der Waals surface area (Å²) in [5.41, 5.74) is 0.178. The number of urea groups is 1. The molecule has 3 aliphatic rings. The number of nitrogens with zero attached hydrogens (tertiary/aromatic N) is 2. The maximum Gasteiger partial charge on any atom is 0.315 e. The Morgan fingerprint density at radius 2 is 1.69 bits per heavy atom. The van der Waals surface area contributed by atoms with E-state index in [-0.39, 0.29) is 42.8 Å². The largest absolute Gasteiger partial charge is 0.346 e. The number of carbonyl (C=O) groups excluding carboxylic acids is 5. The summed E-state index contributed by atoms with van der Waals surface area (Å²) in [5, 5.41) is 11.2. The Bertz CT molecular complexity index is 1550. The van der Waals surface area contributed by atoms with E-state index >= 15 is 0 Å². The number of likely N-dealkylation sites (tertiary alicyclic amines) is 1. The predicted molar refractivity (Wildman–Crippen MR) is 194 cm³/mol. The van der Waals surface area contributed by atoms with Crippen molar-refractivity contribution in [2.75, 3.05) is 19.6 Å². The molecule has 1 saturated carbocycles. The number of unbranched alkanes of at least 4 members (excludes halogenated alkanes) is 1. The zero-order valence-electron chi connectivity index (χ0n) is 30.5. The first kappa shape index (κ1) is 40.0. The van der Waals surface area contributed by atoms with Crippen LogP contribution >= 0.6 is 0 Å². The number of carbonyl (C=O) groups is 5. The smallest absolute Gasteiger partial charge is 0.315 e. The van der Waals surface area contributed by atoms with E-state index in [4.69, 9.17) is 0 Å². The van der Waals surface area contributed by atoms with Gasteiger partial charge in [0.15, 0.2) is 0 Å². The van der Waals surface area contributed by atoms with Crippen molar-refractivity contribution in [3.63, 3.8) is 0 Å². The lowest BCUT2D eigenvalue weighted by Gasteiger charge is -2.37. The number of hydrogen-bond donors (Lipinski definition) is 4. The van der Waals surface area contributed by atoms with E-state index in [0.29, 0.717) is 31.4 Å². The van der Waals surface area contributed by atoms with Crippen molar-refractivity contribution in [1.82, 2.24) is 30.5 Å². The van der Waals surface area contributed by atoms with E-state index in [1.165, 1.54) is 15.3 Å². The van der Waals surface area contributed by atoms with E-state index in [0.717, 1.165) is 38.5 Å². The zero-order valence-corrected chi connectivity index (χ0v) is 31.4. The second-order valence-electron chi connectivity index (χ2n) is 15.1. The van der Waals surface area contributed by atoms with E-state index in [2.05, 4.69) is 27.8 Å². The summed E-state index contributed by atoms with van der Waals surface area (Å²) in [6.45, 7) is 12.0. The average Bonchev–Trinajstić information content (AvgIpc) is 3.69. The maximum absolute atomic E-state index is 14.4. The van der Waals surface area contributed by atoms with Gasteiger partial charge in [-0.1, -0.05) is 84.1 Å². The molecule has 0 aromatic heterocycles. The lowest BCUT2D eigenvalue weighted by molar-refractivity contribution is -0.143. The van der Waals surface area contributed by atoms with Gasteiger partial charge in [0.1, 0.15) is 12.1 Å². The van der Waals surface area contributed by atoms with Crippen LogP contribution in [0.5, 0.6) is 0 Å². The summed E-state index contributed by atoms with van der Waals surface area (Å²) < 4.78 is 28.1. The number of benzene rings is 1. The molecule has 4 rings (SSSR count). The van der Waals surface area contributed by atoms with Crippen LogP contribution < -0.4 is 21.3 Å². The van der Waals surface area contributed by atoms with Crippen LogP contribution in [0.2, 0.25) is 0 Å². The van der Waals surface area contributed by atoms with Gasteiger partial charge in [-0.05, 0) is 55.1 Å². The van der Waals surface area contributed by atoms with Gasteiger partial charge in [-0.25, -0.2) is 13.2 Å². The number of Topliss-reactive ketones (excluding diaryl/α,β-unsaturated/α-hetero) is 1. The third-order valence-corrected chi connectivity index (χ3v) is 12.2. The van der Waals surface area contributed by atoms with Gasteiger partial charge < -0.3 is 26.2 Å². The minimum atomic E-state index is -3.73. The highest BCUT2D eigenvalue weighted by atomic mass is 32.2. The van der Waals surface area contributed by atoms with Crippen LogP contribution in [0.3, 0.4) is 0 Å². The molecule has 2 fully saturated rings. The van der Waals surface area contributed by atoms with Crippen LogP contribution in [-0.2, 0) is 35.7 Å². The fourth-order valence-corrected chi connectivity index (χ4v) is 8.88. The molecule has 1 aliphatic carbocycles. The van der Waals surface area contributed by atoms with Gasteiger partial charge in [0.2, 0.25) is 27.6 Å². The van der Waals surface area contributed by atoms with Gasteiger partial charge in [0, 0.05) is 32.2 Å². The Morgan fingerprint density at radius 3 is 2.33 bits per heavy atom. The Kier molecular flexibility index (Phi) is 13.8. The van der Waals surface area contributed by atoms with E-state index in [9.17, 15) is 32.4 Å². The summed E-state index contributed by atoms with van der Waals surface area (Å²) in [4.78, 5) is 69.1. The minimum absolute atomic E-state index is 0.0495. The number of rotatable bonds is 15. The SMILES string of the molecule is C=CCNC(=O)C(=O)C(CCCC)NC(=O)[C@@H]1CCCN1C(=O)[C@@H](NC(=O)N[C@H](CN1Cc2ccccc2S1(=O)=O)C(C)(C)C)C1CCCCC1. The van der Waals surface area contributed by atoms with Crippen molar-refractivity contribution < 1.29 is 32.4 Å². The lowest BCUT2D eigenvalue weighted by Crippen LogP contribution is -2.60. The Hall–Kier alpha value is -3.78. The standard InChI is InChI=1S/C37H56N6O7S/c1-6-8-18-27(32(44)34(46)38-21-7-2)39-33(45)28-19-14-22-43(28)35(47)31(25-15-10-9-11-16-25)41-36(48)40-30(37(3,4)5)24-42-23-26-17-12-13-20-29(26)51(42,49)50/h7,12-13,17,20,25,27-28,30-31H,2,6,8-11,14-16,18-19,21-24H2,1,3-5H3,(H,38,46)(H,39,45)(H2,40,41,48)/t27?,28-,30+,31-/m0/s1. The van der Waals surface area contributed by atoms with Crippen LogP contribution in [0.4, 0.5) is 4.79 Å². The Labute approximate surface area is 302 Å². The molecule has 2 heterocycles. The number of ketones is 1. The molecule has 1 aromatic rings. The molecule has 0 radical (unpaired) electrons. The zero-order chi connectivity index (χ0) is 37.3. The third kappa shape index (κ3) is 9.97. The molecule has 1 unspecified atom stereocenters. The second-order valence-corrected chi connectivity index (χ2v) is 17.0. The number of amides is 5. The normalized spacial score (nSPS) is 20.8. The lowest BCUT2D eigenvalue weighted by atomic mass is 9.83. The molecular weight excluding hydrogens is 673 g/mol. The van der Waals surface area contributed by atoms with Crippen LogP contribution in [0, 0.1) is 11.3 Å². The molecule has 282 valence electrons. The number of hydrogen-bond acceptors (Lipinski definition) is 7. The first-order chi connectivity index (χ1) is 24.2. The summed E-state index contributed by atoms with van der Waals surface area (Å²) >= 11 is 0. The maximum atomic E-state index is 14.4. The average molecular weight is 729 g/mol. The quantitative estimate of drug-likeness (QED) is 0.158. The van der Waals surface area contributed by atoms with Gasteiger partial charge in [0.05, 0.1) is 10.9 Å². The monoisotopic (exact) mass is 728 g/mol. The molecule has 1 aromatic carbocycles. The first-order valence-electron chi connectivity index (χ1n) is 18.4. The minimum Gasteiger partial charge on any atom is -0.346 e. The van der Waals surface area contributed by atoms with Crippen molar-refractivity contribution in [2.24, 2.45) is 11.3 Å². The molecule has 51 heavy (non-hydrogen) atoms. The van der Waals surface area contributed by atoms with Crippen LogP contribution in [0.15, 0.2) is 41.8 Å². The molecule has 13 nitrogen and oxygen atoms in total. The summed E-state index contributed by atoms with van der Waals surface area (Å²) in [5.74, 6) is -2.55. The Morgan fingerprint density at radius 1 is 0.980 bits per heavy atom. The van der Waals surface area contributed by atoms with Crippen molar-refractivity contribution in [2.45, 2.75) is 128 Å². The molecule has 5 amide bonds. The van der Waals surface area contributed by atoms with E-state index < -0.39 is 63.2 Å². The fraction of sp³-hybridized carbons (Fsp3) is 0.649. The molecule has 0 spiro atoms. The van der Waals surface area contributed by atoms with Crippen molar-refractivity contribution >= 4 is 39.6 Å². The van der Waals surface area contributed by atoms with Gasteiger partial charge >= 0.3 is 6.03 Å². The van der Waals surface area contributed by atoms with Crippen LogP contribution in [0.25, 0.3) is 0 Å². The van der Waals surface area contributed by atoms with Gasteiger partial charge in [0.25, 0.3) is 5.91 Å². The highest BCUT2D eigenvalue weighted by Crippen LogP contribution is 2.33. The number of sulfonamides is 1. The first-order valence-corrected chi connectivity index (χ1v) is 19.8. The van der Waals surface area contributed by atoms with Crippen molar-refractivity contribution in [3.8, 4) is 0 Å². The van der Waals surface area contributed by atoms with E-state index in [1.807, 2.05) is 27.7 Å². The number of fused-ring (bicyclic) bond motifs is 1. The molecule has 0 bridgehead atoms. The molecule has 4 N–H and O–H groups in total. The molecular formula is C37H56N6O7S. The highest BCUT2D eigenvalue weighted by molar-refractivity contribution is 7.89. The van der Waals surface area contributed by atoms with Gasteiger partial charge in [-0.3, -0.25) is 19.2 Å². The summed E-state index contributed by atoms with van der Waals surface area (Å²) in [6.07, 6.45) is 8.42. The summed E-state index contributed by atoms with van der Waals surface area (Å²) in [7, 11) is -3.73. The Balaban J connectivity index is 1.49. The van der Waals surface area contributed by atoms with Crippen molar-refractivity contribution in [1.29, 1.82) is 0 Å². The molecule has 1 saturated heterocycles. The van der Waals surface area contributed by atoms with Crippen molar-refractivity contribution in [3.05, 3.63) is 42.5 Å². The number of nitrogens with one attached hydrogen (secondary N) is 4. The van der Waals surface area contributed by atoms with Crippen LogP contribution in [-0.4, -0.2) is 91.0 Å². The fourth-order valence-electron chi connectivity index (χ4n) is 7.23. The topological polar surface area (TPSA) is 174 Å². The van der Waals surface area contributed by atoms with Gasteiger partial charge in [-0.2, -0.15) is 4.31 Å². The third-order valence-electron chi connectivity index (χ3n) is 10.3.